The quantitative estimate of drug-likeness (QED) is 0.117. The van der Waals surface area contributed by atoms with E-state index >= 15 is 0 Å². The van der Waals surface area contributed by atoms with E-state index in [1.165, 1.54) is 36.0 Å². The summed E-state index contributed by atoms with van der Waals surface area (Å²) >= 11 is 7.44. The van der Waals surface area contributed by atoms with Crippen LogP contribution in [0.15, 0.2) is 113 Å². The first-order chi connectivity index (χ1) is 20.3. The van der Waals surface area contributed by atoms with Gasteiger partial charge in [0.25, 0.3) is 5.69 Å². The molecule has 10 heteroatoms. The van der Waals surface area contributed by atoms with Gasteiger partial charge in [0.1, 0.15) is 5.82 Å². The van der Waals surface area contributed by atoms with E-state index in [1.54, 1.807) is 24.4 Å². The van der Waals surface area contributed by atoms with Crippen LogP contribution in [0.5, 0.6) is 0 Å². The van der Waals surface area contributed by atoms with Crippen LogP contribution in [0, 0.1) is 29.8 Å². The highest BCUT2D eigenvalue weighted by atomic mass is 32.2. The van der Waals surface area contributed by atoms with Crippen molar-refractivity contribution in [2.45, 2.75) is 35.7 Å². The summed E-state index contributed by atoms with van der Waals surface area (Å²) in [6.07, 6.45) is 1.78. The Hall–Kier alpha value is -4.54. The number of thiocarbonyl (C=S) groups is 1. The second-order valence-electron chi connectivity index (χ2n) is 9.99. The lowest BCUT2D eigenvalue weighted by Gasteiger charge is -2.28. The summed E-state index contributed by atoms with van der Waals surface area (Å²) in [5.74, 6) is -0.287. The van der Waals surface area contributed by atoms with Crippen LogP contribution < -0.4 is 10.2 Å². The average molecular weight is 596 g/mol. The van der Waals surface area contributed by atoms with Crippen LogP contribution in [0.1, 0.15) is 34.7 Å². The number of aromatic nitrogens is 2. The van der Waals surface area contributed by atoms with Gasteiger partial charge in [-0.15, -0.1) is 0 Å². The fourth-order valence-electron chi connectivity index (χ4n) is 5.50. The van der Waals surface area contributed by atoms with Crippen LogP contribution in [0.3, 0.4) is 0 Å². The molecule has 0 bridgehead atoms. The maximum atomic E-state index is 14.2. The summed E-state index contributed by atoms with van der Waals surface area (Å²) in [5, 5.41) is 15.1. The smallest absolute Gasteiger partial charge is 0.269 e. The zero-order valence-electron chi connectivity index (χ0n) is 22.8. The van der Waals surface area contributed by atoms with Crippen molar-refractivity contribution in [1.82, 2.24) is 14.9 Å². The Morgan fingerprint density at radius 2 is 1.64 bits per heavy atom. The molecule has 0 amide bonds. The van der Waals surface area contributed by atoms with Gasteiger partial charge in [-0.1, -0.05) is 23.9 Å². The number of nitrogens with one attached hydrogen (secondary N) is 1. The molecule has 3 heterocycles. The molecule has 3 aromatic carbocycles. The lowest BCUT2D eigenvalue weighted by atomic mass is 9.96. The molecule has 6 rings (SSSR count). The van der Waals surface area contributed by atoms with Gasteiger partial charge in [-0.25, -0.2) is 4.39 Å². The molecule has 1 aliphatic rings. The van der Waals surface area contributed by atoms with Crippen LogP contribution in [0.25, 0.3) is 5.69 Å². The molecule has 0 saturated carbocycles. The molecule has 5 aromatic rings. The Balaban J connectivity index is 1.37. The maximum absolute atomic E-state index is 14.2. The molecule has 1 N–H and O–H groups in total. The number of aryl methyl sites for hydroxylation is 1. The molecule has 0 radical (unpaired) electrons. The van der Waals surface area contributed by atoms with Crippen LogP contribution >= 0.6 is 24.0 Å². The Morgan fingerprint density at radius 3 is 2.29 bits per heavy atom. The predicted octanol–water partition coefficient (Wildman–Crippen LogP) is 7.86. The standard InChI is InChI=1S/C32H26FN5O2S2/c1-20-18-28(21(2)36(20)25-7-5-6-22(33)19-25)31-30(29-8-3-4-17-34-29)35-32(41)37(31)23-9-13-26(14-10-23)42-27-15-11-24(12-16-27)38(39)40/h3-19,30-31H,1-2H3,(H,35,41)/t30-,31+/m1/s1. The highest BCUT2D eigenvalue weighted by Gasteiger charge is 2.42. The highest BCUT2D eigenvalue weighted by Crippen LogP contribution is 2.44. The number of anilines is 1. The Labute approximate surface area is 252 Å². The van der Waals surface area contributed by atoms with Crippen LogP contribution in [-0.2, 0) is 0 Å². The van der Waals surface area contributed by atoms with Crippen molar-refractivity contribution in [3.8, 4) is 5.69 Å². The van der Waals surface area contributed by atoms with Crippen molar-refractivity contribution in [2.75, 3.05) is 4.90 Å². The molecule has 1 fully saturated rings. The minimum atomic E-state index is -0.402. The van der Waals surface area contributed by atoms with Crippen LogP contribution in [-0.4, -0.2) is 19.6 Å². The molecule has 1 saturated heterocycles. The fraction of sp³-hybridized carbons (Fsp3) is 0.125. The first-order valence-electron chi connectivity index (χ1n) is 13.3. The van der Waals surface area contributed by atoms with Crippen molar-refractivity contribution in [1.29, 1.82) is 0 Å². The molecule has 0 spiro atoms. The normalized spacial score (nSPS) is 16.5. The largest absolute Gasteiger partial charge is 0.351 e. The second-order valence-corrected chi connectivity index (χ2v) is 11.5. The molecular weight excluding hydrogens is 570 g/mol. The van der Waals surface area contributed by atoms with E-state index < -0.39 is 4.92 Å². The van der Waals surface area contributed by atoms with Gasteiger partial charge in [0, 0.05) is 50.9 Å². The van der Waals surface area contributed by atoms with E-state index in [1.807, 2.05) is 62.4 Å². The van der Waals surface area contributed by atoms with Crippen molar-refractivity contribution < 1.29 is 9.31 Å². The molecule has 2 aromatic heterocycles. The van der Waals surface area contributed by atoms with Gasteiger partial charge in [0.15, 0.2) is 5.11 Å². The number of nitro benzene ring substituents is 1. The maximum Gasteiger partial charge on any atom is 0.269 e. The minimum Gasteiger partial charge on any atom is -0.351 e. The van der Waals surface area contributed by atoms with Gasteiger partial charge >= 0.3 is 0 Å². The number of halogens is 1. The fourth-order valence-corrected chi connectivity index (χ4v) is 6.66. The topological polar surface area (TPSA) is 76.2 Å². The molecule has 0 unspecified atom stereocenters. The molecule has 210 valence electrons. The number of pyridine rings is 1. The van der Waals surface area contributed by atoms with Crippen molar-refractivity contribution in [3.63, 3.8) is 0 Å². The average Bonchev–Trinajstić information content (AvgIpc) is 3.48. The second kappa shape index (κ2) is 11.4. The first kappa shape index (κ1) is 27.6. The third kappa shape index (κ3) is 5.26. The summed E-state index contributed by atoms with van der Waals surface area (Å²) in [6.45, 7) is 4.07. The zero-order valence-corrected chi connectivity index (χ0v) is 24.4. The van der Waals surface area contributed by atoms with E-state index in [2.05, 4.69) is 25.8 Å². The molecular formula is C32H26FN5O2S2. The Bertz CT molecular complexity index is 1780. The molecule has 7 nitrogen and oxygen atoms in total. The minimum absolute atomic E-state index is 0.0648. The first-order valence-corrected chi connectivity index (χ1v) is 14.5. The van der Waals surface area contributed by atoms with Crippen molar-refractivity contribution >= 4 is 40.5 Å². The van der Waals surface area contributed by atoms with E-state index in [9.17, 15) is 14.5 Å². The van der Waals surface area contributed by atoms with Gasteiger partial charge in [-0.3, -0.25) is 15.1 Å². The number of hydrogen-bond donors (Lipinski definition) is 1. The third-order valence-corrected chi connectivity index (χ3v) is 8.68. The van der Waals surface area contributed by atoms with Gasteiger partial charge in [0.05, 0.1) is 22.7 Å². The summed E-state index contributed by atoms with van der Waals surface area (Å²) in [7, 11) is 0. The van der Waals surface area contributed by atoms with E-state index in [0.29, 0.717) is 5.11 Å². The number of nitro groups is 1. The predicted molar refractivity (Wildman–Crippen MR) is 167 cm³/mol. The molecule has 1 aliphatic heterocycles. The Kier molecular flexibility index (Phi) is 7.49. The van der Waals surface area contributed by atoms with Gasteiger partial charge in [-0.2, -0.15) is 0 Å². The number of rotatable bonds is 7. The van der Waals surface area contributed by atoms with Crippen LogP contribution in [0.2, 0.25) is 0 Å². The van der Waals surface area contributed by atoms with Crippen LogP contribution in [0.4, 0.5) is 15.8 Å². The third-order valence-electron chi connectivity index (χ3n) is 7.35. The SMILES string of the molecule is Cc1cc([C@H]2[C@@H](c3ccccn3)NC(=S)N2c2ccc(Sc3ccc([N+](=O)[O-])cc3)cc2)c(C)n1-c1cccc(F)c1. The van der Waals surface area contributed by atoms with E-state index in [0.717, 1.165) is 43.8 Å². The number of nitrogens with zero attached hydrogens (tertiary/aromatic N) is 4. The lowest BCUT2D eigenvalue weighted by Crippen LogP contribution is -2.29. The summed E-state index contributed by atoms with van der Waals surface area (Å²) in [5.41, 5.74) is 5.65. The summed E-state index contributed by atoms with van der Waals surface area (Å²) in [4.78, 5) is 19.3. The number of benzene rings is 3. The molecule has 42 heavy (non-hydrogen) atoms. The van der Waals surface area contributed by atoms with Crippen molar-refractivity contribution in [3.05, 3.63) is 142 Å². The monoisotopic (exact) mass is 595 g/mol. The number of hydrogen-bond acceptors (Lipinski definition) is 5. The zero-order chi connectivity index (χ0) is 29.4. The van der Waals surface area contributed by atoms with Gasteiger partial charge in [0.2, 0.25) is 0 Å². The van der Waals surface area contributed by atoms with Crippen molar-refractivity contribution in [2.24, 2.45) is 0 Å². The highest BCUT2D eigenvalue weighted by molar-refractivity contribution is 7.99. The Morgan fingerprint density at radius 1 is 0.929 bits per heavy atom. The lowest BCUT2D eigenvalue weighted by molar-refractivity contribution is -0.384. The summed E-state index contributed by atoms with van der Waals surface area (Å²) < 4.78 is 16.2. The van der Waals surface area contributed by atoms with Gasteiger partial charge < -0.3 is 14.8 Å². The van der Waals surface area contributed by atoms with E-state index in [-0.39, 0.29) is 23.6 Å². The number of non-ortho nitro benzene ring substituents is 1. The van der Waals surface area contributed by atoms with E-state index in [4.69, 9.17) is 12.2 Å². The molecule has 0 aliphatic carbocycles. The summed E-state index contributed by atoms with van der Waals surface area (Å²) in [6, 6.07) is 28.8. The molecule has 2 atom stereocenters. The van der Waals surface area contributed by atoms with Gasteiger partial charge in [-0.05, 0) is 104 Å².